The second kappa shape index (κ2) is 5.07. The number of carboxylic acid groups (broad SMARTS) is 1. The Morgan fingerprint density at radius 1 is 1.47 bits per heavy atom. The first-order valence-electron chi connectivity index (χ1n) is 5.39. The lowest BCUT2D eigenvalue weighted by molar-refractivity contribution is -0.148. The van der Waals surface area contributed by atoms with E-state index in [1.807, 2.05) is 0 Å². The second-order valence-electron chi connectivity index (χ2n) is 3.81. The number of methoxy groups -OCH3 is 1. The predicted molar refractivity (Wildman–Crippen MR) is 62.3 cm³/mol. The summed E-state index contributed by atoms with van der Waals surface area (Å²) in [4.78, 5) is 25.8. The van der Waals surface area contributed by atoms with Gasteiger partial charge >= 0.3 is 11.9 Å². The molecule has 7 nitrogen and oxygen atoms in total. The lowest BCUT2D eigenvalue weighted by Crippen LogP contribution is -2.10. The maximum Gasteiger partial charge on any atom is 0.342 e. The Morgan fingerprint density at radius 2 is 2.21 bits per heavy atom. The van der Waals surface area contributed by atoms with E-state index in [4.69, 9.17) is 9.52 Å². The molecule has 0 fully saturated rings. The van der Waals surface area contributed by atoms with Crippen molar-refractivity contribution in [3.63, 3.8) is 0 Å². The van der Waals surface area contributed by atoms with E-state index < -0.39 is 18.0 Å². The minimum Gasteiger partial charge on any atom is -0.479 e. The molecule has 19 heavy (non-hydrogen) atoms. The zero-order chi connectivity index (χ0) is 14.0. The van der Waals surface area contributed by atoms with Crippen molar-refractivity contribution in [2.45, 2.75) is 12.5 Å². The molecule has 0 bridgehead atoms. The van der Waals surface area contributed by atoms with Crippen LogP contribution in [0.15, 0.2) is 22.6 Å². The van der Waals surface area contributed by atoms with Crippen molar-refractivity contribution in [3.05, 3.63) is 29.7 Å². The van der Waals surface area contributed by atoms with E-state index in [1.165, 1.54) is 7.11 Å². The normalized spacial score (nSPS) is 12.3. The topological polar surface area (TPSA) is 110 Å². The molecule has 0 spiro atoms. The van der Waals surface area contributed by atoms with E-state index in [2.05, 4.69) is 9.72 Å². The first-order chi connectivity index (χ1) is 9.02. The fourth-order valence-electron chi connectivity index (χ4n) is 1.61. The highest BCUT2D eigenvalue weighted by molar-refractivity contribution is 5.83. The summed E-state index contributed by atoms with van der Waals surface area (Å²) in [6.45, 7) is 0. The van der Waals surface area contributed by atoms with Gasteiger partial charge in [0.25, 0.3) is 0 Å². The molecule has 1 heterocycles. The summed E-state index contributed by atoms with van der Waals surface area (Å²) in [7, 11) is 1.27. The number of oxazole rings is 1. The van der Waals surface area contributed by atoms with E-state index in [0.717, 1.165) is 0 Å². The van der Waals surface area contributed by atoms with Crippen molar-refractivity contribution in [1.29, 1.82) is 0 Å². The second-order valence-corrected chi connectivity index (χ2v) is 3.81. The Kier molecular flexibility index (Phi) is 3.48. The zero-order valence-corrected chi connectivity index (χ0v) is 9.99. The number of carbonyl (C=O) groups excluding carboxylic acids is 1. The lowest BCUT2D eigenvalue weighted by Gasteiger charge is -2.00. The number of aliphatic hydroxyl groups is 1. The van der Waals surface area contributed by atoms with Gasteiger partial charge in [-0.25, -0.2) is 9.78 Å². The molecule has 1 unspecified atom stereocenters. The fourth-order valence-corrected chi connectivity index (χ4v) is 1.61. The van der Waals surface area contributed by atoms with Crippen molar-refractivity contribution in [2.24, 2.45) is 0 Å². The van der Waals surface area contributed by atoms with Crippen molar-refractivity contribution < 1.29 is 29.0 Å². The minimum absolute atomic E-state index is 0.0222. The van der Waals surface area contributed by atoms with Crippen molar-refractivity contribution in [1.82, 2.24) is 4.98 Å². The third-order valence-corrected chi connectivity index (χ3v) is 2.54. The van der Waals surface area contributed by atoms with Gasteiger partial charge in [-0.1, -0.05) is 12.1 Å². The number of nitrogens with zero attached hydrogens (tertiary/aromatic N) is 1. The smallest absolute Gasteiger partial charge is 0.342 e. The summed E-state index contributed by atoms with van der Waals surface area (Å²) < 4.78 is 9.77. The number of para-hydroxylation sites is 1. The van der Waals surface area contributed by atoms with Crippen LogP contribution in [0.4, 0.5) is 0 Å². The summed E-state index contributed by atoms with van der Waals surface area (Å²) in [6.07, 6.45) is -1.86. The van der Waals surface area contributed by atoms with Gasteiger partial charge in [0.1, 0.15) is 5.52 Å². The molecule has 0 saturated carbocycles. The van der Waals surface area contributed by atoms with E-state index in [-0.39, 0.29) is 17.9 Å². The number of esters is 1. The number of hydrogen-bond donors (Lipinski definition) is 2. The molecule has 0 saturated heterocycles. The third kappa shape index (κ3) is 2.55. The van der Waals surface area contributed by atoms with Crippen LogP contribution in [-0.4, -0.2) is 34.2 Å². The molecule has 2 rings (SSSR count). The lowest BCUT2D eigenvalue weighted by atomic mass is 10.1. The Balaban J connectivity index is 2.44. The number of ether oxygens (including phenoxy) is 1. The zero-order valence-electron chi connectivity index (χ0n) is 9.99. The van der Waals surface area contributed by atoms with Crippen molar-refractivity contribution in [2.75, 3.05) is 7.11 Å². The van der Waals surface area contributed by atoms with Gasteiger partial charge in [-0.3, -0.25) is 4.79 Å². The van der Waals surface area contributed by atoms with Crippen LogP contribution in [0, 0.1) is 0 Å². The molecular weight excluding hydrogens is 254 g/mol. The molecule has 2 aromatic rings. The van der Waals surface area contributed by atoms with Gasteiger partial charge < -0.3 is 19.4 Å². The molecule has 1 aromatic carbocycles. The average molecular weight is 265 g/mol. The Hall–Kier alpha value is -2.41. The Bertz CT molecular complexity index is 632. The number of benzene rings is 1. The summed E-state index contributed by atoms with van der Waals surface area (Å²) in [5, 5.41) is 18.1. The van der Waals surface area contributed by atoms with Gasteiger partial charge in [0.15, 0.2) is 5.58 Å². The van der Waals surface area contributed by atoms with Crippen LogP contribution >= 0.6 is 0 Å². The van der Waals surface area contributed by atoms with E-state index in [9.17, 15) is 14.7 Å². The SMILES string of the molecule is COC(=O)Cc1cccc2nc(C(O)C(=O)O)oc12. The van der Waals surface area contributed by atoms with Gasteiger partial charge in [0, 0.05) is 5.56 Å². The molecule has 0 aliphatic rings. The van der Waals surface area contributed by atoms with Gasteiger partial charge in [0.2, 0.25) is 12.0 Å². The molecule has 100 valence electrons. The maximum atomic E-state index is 11.2. The molecule has 0 aliphatic heterocycles. The standard InChI is InChI=1S/C12H11NO6/c1-18-8(14)5-6-3-2-4-7-10(6)19-11(13-7)9(15)12(16)17/h2-4,9,15H,5H2,1H3,(H,16,17). The van der Waals surface area contributed by atoms with Crippen LogP contribution in [0.2, 0.25) is 0 Å². The first-order valence-corrected chi connectivity index (χ1v) is 5.39. The molecule has 2 N–H and O–H groups in total. The van der Waals surface area contributed by atoms with Crippen LogP contribution in [-0.2, 0) is 20.7 Å². The van der Waals surface area contributed by atoms with Crippen LogP contribution in [0.1, 0.15) is 17.6 Å². The number of carbonyl (C=O) groups is 2. The summed E-state index contributed by atoms with van der Waals surface area (Å²) >= 11 is 0. The fraction of sp³-hybridized carbons (Fsp3) is 0.250. The summed E-state index contributed by atoms with van der Waals surface area (Å²) in [5.74, 6) is -2.23. The van der Waals surface area contributed by atoms with Gasteiger partial charge in [-0.15, -0.1) is 0 Å². The van der Waals surface area contributed by atoms with Crippen LogP contribution in [0.5, 0.6) is 0 Å². The van der Waals surface area contributed by atoms with Gasteiger partial charge in [-0.2, -0.15) is 0 Å². The van der Waals surface area contributed by atoms with Crippen LogP contribution < -0.4 is 0 Å². The van der Waals surface area contributed by atoms with E-state index in [1.54, 1.807) is 18.2 Å². The molecule has 1 atom stereocenters. The molecule has 0 amide bonds. The molecular formula is C12H11NO6. The molecule has 0 radical (unpaired) electrons. The Labute approximate surface area is 107 Å². The van der Waals surface area contributed by atoms with E-state index in [0.29, 0.717) is 11.1 Å². The number of aliphatic hydroxyl groups excluding tert-OH is 1. The van der Waals surface area contributed by atoms with E-state index >= 15 is 0 Å². The van der Waals surface area contributed by atoms with Crippen LogP contribution in [0.3, 0.4) is 0 Å². The molecule has 7 heteroatoms. The van der Waals surface area contributed by atoms with Crippen molar-refractivity contribution >= 4 is 23.0 Å². The monoisotopic (exact) mass is 265 g/mol. The average Bonchev–Trinajstić information content (AvgIpc) is 2.82. The number of aliphatic carboxylic acids is 1. The van der Waals surface area contributed by atoms with Gasteiger partial charge in [-0.05, 0) is 6.07 Å². The van der Waals surface area contributed by atoms with Gasteiger partial charge in [0.05, 0.1) is 13.5 Å². The maximum absolute atomic E-state index is 11.2. The number of rotatable bonds is 4. The largest absolute Gasteiger partial charge is 0.479 e. The third-order valence-electron chi connectivity index (χ3n) is 2.54. The highest BCUT2D eigenvalue weighted by atomic mass is 16.5. The Morgan fingerprint density at radius 3 is 2.84 bits per heavy atom. The molecule has 1 aromatic heterocycles. The summed E-state index contributed by atoms with van der Waals surface area (Å²) in [5.41, 5.74) is 1.15. The number of fused-ring (bicyclic) bond motifs is 1. The highest BCUT2D eigenvalue weighted by Gasteiger charge is 2.23. The highest BCUT2D eigenvalue weighted by Crippen LogP contribution is 2.24. The summed E-state index contributed by atoms with van der Waals surface area (Å²) in [6, 6.07) is 4.89. The first kappa shape index (κ1) is 13.0. The predicted octanol–water partition coefficient (Wildman–Crippen LogP) is 0.661. The number of carboxylic acids is 1. The number of hydrogen-bond acceptors (Lipinski definition) is 6. The number of aromatic nitrogens is 1. The quantitative estimate of drug-likeness (QED) is 0.781. The van der Waals surface area contributed by atoms with Crippen molar-refractivity contribution in [3.8, 4) is 0 Å². The van der Waals surface area contributed by atoms with Crippen LogP contribution in [0.25, 0.3) is 11.1 Å². The minimum atomic E-state index is -1.83. The molecule has 0 aliphatic carbocycles.